The Bertz CT molecular complexity index is 657. The Morgan fingerprint density at radius 1 is 1.17 bits per heavy atom. The van der Waals surface area contributed by atoms with Gasteiger partial charge in [0.15, 0.2) is 0 Å². The molecule has 122 valence electrons. The zero-order valence-corrected chi connectivity index (χ0v) is 13.3. The molecule has 2 aromatic carbocycles. The number of rotatable bonds is 5. The molecule has 0 saturated heterocycles. The molecule has 0 aliphatic heterocycles. The van der Waals surface area contributed by atoms with Crippen LogP contribution in [0.4, 0.5) is 0 Å². The topological polar surface area (TPSA) is 61.7 Å². The van der Waals surface area contributed by atoms with Gasteiger partial charge in [-0.2, -0.15) is 0 Å². The largest absolute Gasteiger partial charge is 0.489 e. The monoisotopic (exact) mass is 313 g/mol. The van der Waals surface area contributed by atoms with Gasteiger partial charge < -0.3 is 20.3 Å². The van der Waals surface area contributed by atoms with E-state index in [0.717, 1.165) is 35.1 Å². The molecule has 1 aliphatic rings. The van der Waals surface area contributed by atoms with Crippen molar-refractivity contribution in [3.8, 4) is 5.75 Å². The molecule has 0 spiro atoms. The SMILES string of the molecule is CN[C@H]1CCc2c(ccc(OCc3ccccc3)c2CO)[C@@H]1O. The Hall–Kier alpha value is -1.88. The molecule has 0 bridgehead atoms. The first kappa shape index (κ1) is 16.0. The summed E-state index contributed by atoms with van der Waals surface area (Å²) in [4.78, 5) is 0. The molecule has 1 aliphatic carbocycles. The fraction of sp³-hybridized carbons (Fsp3) is 0.368. The molecule has 4 heteroatoms. The number of likely N-dealkylation sites (N-methyl/N-ethyl adjacent to an activating group) is 1. The van der Waals surface area contributed by atoms with Crippen LogP contribution in [-0.2, 0) is 19.6 Å². The predicted octanol–water partition coefficient (Wildman–Crippen LogP) is 2.33. The van der Waals surface area contributed by atoms with Crippen LogP contribution in [0.2, 0.25) is 0 Å². The Kier molecular flexibility index (Phi) is 4.96. The van der Waals surface area contributed by atoms with E-state index < -0.39 is 6.10 Å². The summed E-state index contributed by atoms with van der Waals surface area (Å²) in [6.07, 6.45) is 1.13. The maximum atomic E-state index is 10.5. The maximum absolute atomic E-state index is 10.5. The number of hydrogen-bond donors (Lipinski definition) is 3. The predicted molar refractivity (Wildman–Crippen MR) is 89.3 cm³/mol. The maximum Gasteiger partial charge on any atom is 0.125 e. The van der Waals surface area contributed by atoms with Crippen LogP contribution in [0.25, 0.3) is 0 Å². The minimum absolute atomic E-state index is 0.0603. The van der Waals surface area contributed by atoms with Crippen LogP contribution in [0, 0.1) is 0 Å². The number of aliphatic hydroxyl groups is 2. The molecule has 4 nitrogen and oxygen atoms in total. The molecule has 0 unspecified atom stereocenters. The highest BCUT2D eigenvalue weighted by atomic mass is 16.5. The highest BCUT2D eigenvalue weighted by molar-refractivity contribution is 5.47. The summed E-state index contributed by atoms with van der Waals surface area (Å²) in [5.74, 6) is 0.699. The summed E-state index contributed by atoms with van der Waals surface area (Å²) in [5.41, 5.74) is 3.81. The Balaban J connectivity index is 1.85. The van der Waals surface area contributed by atoms with Crippen LogP contribution in [0.1, 0.15) is 34.8 Å². The standard InChI is InChI=1S/C19H23NO3/c1-20-17-9-7-14-15(19(17)22)8-10-18(16(14)11-21)23-12-13-5-3-2-4-6-13/h2-6,8,10,17,19-22H,7,9,11-12H2,1H3/t17-,19-/m0/s1. The highest BCUT2D eigenvalue weighted by Crippen LogP contribution is 2.36. The van der Waals surface area contributed by atoms with Crippen LogP contribution >= 0.6 is 0 Å². The average molecular weight is 313 g/mol. The third-order valence-corrected chi connectivity index (χ3v) is 4.60. The highest BCUT2D eigenvalue weighted by Gasteiger charge is 2.29. The van der Waals surface area contributed by atoms with Gasteiger partial charge in [-0.05, 0) is 42.6 Å². The molecule has 0 radical (unpaired) electrons. The van der Waals surface area contributed by atoms with E-state index in [-0.39, 0.29) is 12.6 Å². The molecule has 2 aromatic rings. The van der Waals surface area contributed by atoms with Crippen LogP contribution in [0.3, 0.4) is 0 Å². The third kappa shape index (κ3) is 3.24. The fourth-order valence-corrected chi connectivity index (χ4v) is 3.28. The molecular formula is C19H23NO3. The third-order valence-electron chi connectivity index (χ3n) is 4.60. The lowest BCUT2D eigenvalue weighted by Crippen LogP contribution is -2.36. The molecule has 3 N–H and O–H groups in total. The van der Waals surface area contributed by atoms with E-state index >= 15 is 0 Å². The van der Waals surface area contributed by atoms with E-state index in [1.807, 2.05) is 49.5 Å². The van der Waals surface area contributed by atoms with Crippen LogP contribution in [0.15, 0.2) is 42.5 Å². The van der Waals surface area contributed by atoms with E-state index in [9.17, 15) is 10.2 Å². The molecule has 0 amide bonds. The van der Waals surface area contributed by atoms with Crippen molar-refractivity contribution in [2.24, 2.45) is 0 Å². The first-order valence-corrected chi connectivity index (χ1v) is 8.02. The zero-order chi connectivity index (χ0) is 16.2. The van der Waals surface area contributed by atoms with E-state index in [2.05, 4.69) is 5.32 Å². The lowest BCUT2D eigenvalue weighted by Gasteiger charge is -2.31. The first-order chi connectivity index (χ1) is 11.2. The van der Waals surface area contributed by atoms with Crippen LogP contribution < -0.4 is 10.1 Å². The van der Waals surface area contributed by atoms with Gasteiger partial charge in [0.05, 0.1) is 12.7 Å². The van der Waals surface area contributed by atoms with Crippen molar-refractivity contribution in [2.45, 2.75) is 38.2 Å². The van der Waals surface area contributed by atoms with Crippen molar-refractivity contribution < 1.29 is 14.9 Å². The van der Waals surface area contributed by atoms with Crippen molar-refractivity contribution in [1.29, 1.82) is 0 Å². The fourth-order valence-electron chi connectivity index (χ4n) is 3.28. The lowest BCUT2D eigenvalue weighted by molar-refractivity contribution is 0.118. The number of aliphatic hydroxyl groups excluding tert-OH is 2. The van der Waals surface area contributed by atoms with E-state index in [1.165, 1.54) is 0 Å². The second kappa shape index (κ2) is 7.13. The number of benzene rings is 2. The number of fused-ring (bicyclic) bond motifs is 1. The summed E-state index contributed by atoms with van der Waals surface area (Å²) in [6, 6.07) is 13.8. The van der Waals surface area contributed by atoms with E-state index in [4.69, 9.17) is 4.74 Å². The summed E-state index contributed by atoms with van der Waals surface area (Å²) >= 11 is 0. The Labute approximate surface area is 136 Å². The Morgan fingerprint density at radius 2 is 1.96 bits per heavy atom. The van der Waals surface area contributed by atoms with Crippen molar-refractivity contribution in [3.63, 3.8) is 0 Å². The number of ether oxygens (including phenoxy) is 1. The van der Waals surface area contributed by atoms with Gasteiger partial charge in [-0.15, -0.1) is 0 Å². The molecular weight excluding hydrogens is 290 g/mol. The average Bonchev–Trinajstić information content (AvgIpc) is 2.60. The molecule has 3 rings (SSSR count). The molecule has 23 heavy (non-hydrogen) atoms. The molecule has 0 heterocycles. The van der Waals surface area contributed by atoms with Gasteiger partial charge in [0, 0.05) is 11.6 Å². The van der Waals surface area contributed by atoms with E-state index in [1.54, 1.807) is 0 Å². The quantitative estimate of drug-likeness (QED) is 0.793. The first-order valence-electron chi connectivity index (χ1n) is 8.02. The summed E-state index contributed by atoms with van der Waals surface area (Å²) in [6.45, 7) is 0.387. The summed E-state index contributed by atoms with van der Waals surface area (Å²) < 4.78 is 5.91. The minimum Gasteiger partial charge on any atom is -0.489 e. The molecule has 0 aromatic heterocycles. The molecule has 0 saturated carbocycles. The van der Waals surface area contributed by atoms with Crippen LogP contribution in [-0.4, -0.2) is 23.3 Å². The van der Waals surface area contributed by atoms with Crippen LogP contribution in [0.5, 0.6) is 5.75 Å². The molecule has 0 fully saturated rings. The van der Waals surface area contributed by atoms with Gasteiger partial charge in [-0.1, -0.05) is 36.4 Å². The minimum atomic E-state index is -0.544. The van der Waals surface area contributed by atoms with Gasteiger partial charge in [-0.3, -0.25) is 0 Å². The van der Waals surface area contributed by atoms with Gasteiger partial charge >= 0.3 is 0 Å². The second-order valence-electron chi connectivity index (χ2n) is 5.92. The Morgan fingerprint density at radius 3 is 2.65 bits per heavy atom. The normalized spacial score (nSPS) is 20.1. The van der Waals surface area contributed by atoms with Gasteiger partial charge in [0.2, 0.25) is 0 Å². The summed E-state index contributed by atoms with van der Waals surface area (Å²) in [7, 11) is 1.86. The van der Waals surface area contributed by atoms with Crippen molar-refractivity contribution >= 4 is 0 Å². The second-order valence-corrected chi connectivity index (χ2v) is 5.92. The van der Waals surface area contributed by atoms with Gasteiger partial charge in [-0.25, -0.2) is 0 Å². The molecule has 2 atom stereocenters. The number of hydrogen-bond acceptors (Lipinski definition) is 4. The zero-order valence-electron chi connectivity index (χ0n) is 13.3. The van der Waals surface area contributed by atoms with Gasteiger partial charge in [0.1, 0.15) is 12.4 Å². The summed E-state index contributed by atoms with van der Waals surface area (Å²) in [5, 5.41) is 23.4. The van der Waals surface area contributed by atoms with Crippen molar-refractivity contribution in [2.75, 3.05) is 7.05 Å². The van der Waals surface area contributed by atoms with E-state index in [0.29, 0.717) is 12.4 Å². The van der Waals surface area contributed by atoms with Crippen molar-refractivity contribution in [3.05, 3.63) is 64.7 Å². The number of nitrogens with one attached hydrogen (secondary N) is 1. The van der Waals surface area contributed by atoms with Crippen molar-refractivity contribution in [1.82, 2.24) is 5.32 Å². The smallest absolute Gasteiger partial charge is 0.125 e. The lowest BCUT2D eigenvalue weighted by atomic mass is 9.83. The van der Waals surface area contributed by atoms with Gasteiger partial charge in [0.25, 0.3) is 0 Å².